The van der Waals surface area contributed by atoms with Gasteiger partial charge in [0.05, 0.1) is 6.04 Å². The summed E-state index contributed by atoms with van der Waals surface area (Å²) in [5, 5.41) is 0. The Labute approximate surface area is 94.3 Å². The predicted octanol–water partition coefficient (Wildman–Crippen LogP) is 2.34. The molecular formula is C13H13NO2. The molecule has 0 bridgehead atoms. The van der Waals surface area contributed by atoms with Gasteiger partial charge in [-0.15, -0.1) is 0 Å². The minimum absolute atomic E-state index is 0.190. The normalized spacial score (nSPS) is 23.0. The van der Waals surface area contributed by atoms with E-state index >= 15 is 0 Å². The minimum atomic E-state index is -0.190. The Morgan fingerprint density at radius 1 is 1.31 bits per heavy atom. The smallest absolute Gasteiger partial charge is 0.414 e. The molecule has 0 saturated carbocycles. The van der Waals surface area contributed by atoms with Crippen molar-refractivity contribution in [3.63, 3.8) is 0 Å². The molecule has 1 amide bonds. The number of ether oxygens (including phenoxy) is 1. The Hall–Kier alpha value is -1.77. The molecule has 1 aromatic rings. The molecule has 0 aromatic heterocycles. The van der Waals surface area contributed by atoms with Gasteiger partial charge in [0, 0.05) is 12.1 Å². The Bertz CT molecular complexity index is 439. The molecule has 0 N–H and O–H groups in total. The monoisotopic (exact) mass is 215 g/mol. The maximum Gasteiger partial charge on any atom is 0.414 e. The zero-order chi connectivity index (χ0) is 11.0. The molecule has 2 heterocycles. The quantitative estimate of drug-likeness (QED) is 0.757. The molecule has 16 heavy (non-hydrogen) atoms. The van der Waals surface area contributed by atoms with Crippen LogP contribution in [-0.4, -0.2) is 23.6 Å². The summed E-state index contributed by atoms with van der Waals surface area (Å²) in [6.07, 6.45) is 3.70. The standard InChI is InChI=1S/C13H13NO2/c15-13-14-11(6-7-12(14)9-16-13)8-10-4-2-1-3-5-10/h1-6,12H,7-9H2/t12-/m1/s1. The Kier molecular flexibility index (Phi) is 2.17. The maximum atomic E-state index is 11.5. The van der Waals surface area contributed by atoms with Crippen LogP contribution in [0.3, 0.4) is 0 Å². The number of carbonyl (C=O) groups is 1. The highest BCUT2D eigenvalue weighted by Crippen LogP contribution is 2.29. The molecule has 1 fully saturated rings. The molecule has 2 aliphatic heterocycles. The molecule has 0 spiro atoms. The van der Waals surface area contributed by atoms with E-state index in [1.807, 2.05) is 18.2 Å². The van der Waals surface area contributed by atoms with Gasteiger partial charge in [0.2, 0.25) is 0 Å². The molecule has 1 atom stereocenters. The van der Waals surface area contributed by atoms with E-state index < -0.39 is 0 Å². The van der Waals surface area contributed by atoms with E-state index in [2.05, 4.69) is 18.2 Å². The number of nitrogens with zero attached hydrogens (tertiary/aromatic N) is 1. The third kappa shape index (κ3) is 1.48. The SMILES string of the molecule is O=C1OC[C@H]2CC=C(Cc3ccccc3)N12. The Balaban J connectivity index is 1.79. The van der Waals surface area contributed by atoms with Crippen LogP contribution in [0, 0.1) is 0 Å². The molecule has 3 nitrogen and oxygen atoms in total. The van der Waals surface area contributed by atoms with Crippen LogP contribution < -0.4 is 0 Å². The summed E-state index contributed by atoms with van der Waals surface area (Å²) in [7, 11) is 0. The van der Waals surface area contributed by atoms with Gasteiger partial charge < -0.3 is 4.74 Å². The van der Waals surface area contributed by atoms with Crippen LogP contribution in [0.15, 0.2) is 42.1 Å². The summed E-state index contributed by atoms with van der Waals surface area (Å²) in [6, 6.07) is 10.4. The number of hydrogen-bond acceptors (Lipinski definition) is 2. The summed E-state index contributed by atoms with van der Waals surface area (Å²) in [5.74, 6) is 0. The second-order valence-corrected chi connectivity index (χ2v) is 4.19. The first-order valence-electron chi connectivity index (χ1n) is 5.53. The molecule has 3 rings (SSSR count). The first kappa shape index (κ1) is 9.46. The van der Waals surface area contributed by atoms with E-state index in [1.54, 1.807) is 4.90 Å². The molecule has 3 heteroatoms. The molecule has 1 saturated heterocycles. The van der Waals surface area contributed by atoms with E-state index in [0.717, 1.165) is 18.5 Å². The lowest BCUT2D eigenvalue weighted by Gasteiger charge is -2.16. The van der Waals surface area contributed by atoms with Gasteiger partial charge in [0.25, 0.3) is 0 Å². The number of hydrogen-bond donors (Lipinski definition) is 0. The summed E-state index contributed by atoms with van der Waals surface area (Å²) >= 11 is 0. The molecule has 0 unspecified atom stereocenters. The average molecular weight is 215 g/mol. The van der Waals surface area contributed by atoms with Crippen molar-refractivity contribution in [1.29, 1.82) is 0 Å². The van der Waals surface area contributed by atoms with Gasteiger partial charge >= 0.3 is 6.09 Å². The molecule has 0 radical (unpaired) electrons. The molecule has 82 valence electrons. The molecule has 2 aliphatic rings. The highest BCUT2D eigenvalue weighted by Gasteiger charge is 2.38. The third-order valence-electron chi connectivity index (χ3n) is 3.12. The van der Waals surface area contributed by atoms with Crippen LogP contribution in [0.2, 0.25) is 0 Å². The lowest BCUT2D eigenvalue weighted by atomic mass is 10.1. The largest absolute Gasteiger partial charge is 0.447 e. The van der Waals surface area contributed by atoms with Crippen molar-refractivity contribution >= 4 is 6.09 Å². The fraction of sp³-hybridized carbons (Fsp3) is 0.308. The van der Waals surface area contributed by atoms with Gasteiger partial charge in [-0.05, 0) is 12.0 Å². The number of cyclic esters (lactones) is 1. The van der Waals surface area contributed by atoms with E-state index in [0.29, 0.717) is 6.61 Å². The van der Waals surface area contributed by atoms with Gasteiger partial charge in [-0.2, -0.15) is 0 Å². The van der Waals surface area contributed by atoms with Crippen molar-refractivity contribution in [1.82, 2.24) is 4.90 Å². The summed E-state index contributed by atoms with van der Waals surface area (Å²) in [4.78, 5) is 13.3. The lowest BCUT2D eigenvalue weighted by molar-refractivity contribution is 0.164. The van der Waals surface area contributed by atoms with Crippen molar-refractivity contribution in [2.24, 2.45) is 0 Å². The first-order valence-corrected chi connectivity index (χ1v) is 5.53. The van der Waals surface area contributed by atoms with E-state index in [4.69, 9.17) is 4.74 Å². The predicted molar refractivity (Wildman–Crippen MR) is 59.8 cm³/mol. The fourth-order valence-electron chi connectivity index (χ4n) is 2.32. The zero-order valence-electron chi connectivity index (χ0n) is 8.93. The molecular weight excluding hydrogens is 202 g/mol. The van der Waals surface area contributed by atoms with Crippen LogP contribution >= 0.6 is 0 Å². The van der Waals surface area contributed by atoms with Crippen molar-refractivity contribution in [3.8, 4) is 0 Å². The summed E-state index contributed by atoms with van der Waals surface area (Å²) in [5.41, 5.74) is 2.31. The number of fused-ring (bicyclic) bond motifs is 1. The number of carbonyl (C=O) groups excluding carboxylic acids is 1. The molecule has 1 aromatic carbocycles. The van der Waals surface area contributed by atoms with Crippen LogP contribution in [0.4, 0.5) is 4.79 Å². The van der Waals surface area contributed by atoms with Crippen molar-refractivity contribution < 1.29 is 9.53 Å². The number of benzene rings is 1. The third-order valence-corrected chi connectivity index (χ3v) is 3.12. The number of allylic oxidation sites excluding steroid dienone is 1. The van der Waals surface area contributed by atoms with Gasteiger partial charge in [-0.1, -0.05) is 36.4 Å². The van der Waals surface area contributed by atoms with Crippen LogP contribution in [0.1, 0.15) is 12.0 Å². The van der Waals surface area contributed by atoms with E-state index in [9.17, 15) is 4.79 Å². The van der Waals surface area contributed by atoms with Crippen LogP contribution in [0.25, 0.3) is 0 Å². The lowest BCUT2D eigenvalue weighted by Crippen LogP contribution is -2.28. The Morgan fingerprint density at radius 3 is 2.94 bits per heavy atom. The fourth-order valence-corrected chi connectivity index (χ4v) is 2.32. The second-order valence-electron chi connectivity index (χ2n) is 4.19. The highest BCUT2D eigenvalue weighted by atomic mass is 16.6. The Morgan fingerprint density at radius 2 is 2.12 bits per heavy atom. The summed E-state index contributed by atoms with van der Waals surface area (Å²) in [6.45, 7) is 0.535. The maximum absolute atomic E-state index is 11.5. The van der Waals surface area contributed by atoms with Gasteiger partial charge in [0.15, 0.2) is 0 Å². The average Bonchev–Trinajstić information content (AvgIpc) is 2.86. The topological polar surface area (TPSA) is 29.5 Å². The van der Waals surface area contributed by atoms with Crippen molar-refractivity contribution in [2.45, 2.75) is 18.9 Å². The number of amides is 1. The van der Waals surface area contributed by atoms with Crippen molar-refractivity contribution in [3.05, 3.63) is 47.7 Å². The zero-order valence-corrected chi connectivity index (χ0v) is 8.93. The highest BCUT2D eigenvalue weighted by molar-refractivity contribution is 5.73. The van der Waals surface area contributed by atoms with E-state index in [1.165, 1.54) is 5.56 Å². The van der Waals surface area contributed by atoms with Crippen molar-refractivity contribution in [2.75, 3.05) is 6.61 Å². The number of rotatable bonds is 2. The van der Waals surface area contributed by atoms with Gasteiger partial charge in [-0.25, -0.2) is 4.79 Å². The van der Waals surface area contributed by atoms with Crippen LogP contribution in [0.5, 0.6) is 0 Å². The second kappa shape index (κ2) is 3.67. The first-order chi connectivity index (χ1) is 7.84. The minimum Gasteiger partial charge on any atom is -0.447 e. The summed E-state index contributed by atoms with van der Waals surface area (Å²) < 4.78 is 5.03. The van der Waals surface area contributed by atoms with Gasteiger partial charge in [0.1, 0.15) is 6.61 Å². The van der Waals surface area contributed by atoms with E-state index in [-0.39, 0.29) is 12.1 Å². The van der Waals surface area contributed by atoms with Gasteiger partial charge in [-0.3, -0.25) is 4.90 Å². The molecule has 0 aliphatic carbocycles. The van der Waals surface area contributed by atoms with Crippen LogP contribution in [-0.2, 0) is 11.2 Å².